The Bertz CT molecular complexity index is 1450. The van der Waals surface area contributed by atoms with Crippen LogP contribution >= 0.6 is 11.8 Å². The Balaban J connectivity index is 1.34. The maximum atomic E-state index is 12.9. The molecular formula is C27H19F3N2O6S. The lowest BCUT2D eigenvalue weighted by atomic mass is 10.1. The predicted molar refractivity (Wildman–Crippen MR) is 137 cm³/mol. The number of rotatable bonds is 8. The SMILES string of the molecule is O=C(CN1C(=O)S/C(=C\c2ccc(OCc3ccc(C(=O)O)cc3)cc2)C1=O)Nc1cccc(C(F)(F)F)c1. The average molecular weight is 557 g/mol. The number of amides is 3. The summed E-state index contributed by atoms with van der Waals surface area (Å²) in [5.74, 6) is -2.02. The number of thioether (sulfide) groups is 1. The maximum absolute atomic E-state index is 12.9. The van der Waals surface area contributed by atoms with Gasteiger partial charge < -0.3 is 15.2 Å². The van der Waals surface area contributed by atoms with Gasteiger partial charge in [0.15, 0.2) is 0 Å². The highest BCUT2D eigenvalue weighted by atomic mass is 32.2. The van der Waals surface area contributed by atoms with Crippen LogP contribution in [0, 0.1) is 0 Å². The number of ether oxygens (including phenoxy) is 1. The second-order valence-corrected chi connectivity index (χ2v) is 9.25. The summed E-state index contributed by atoms with van der Waals surface area (Å²) in [6.07, 6.45) is -3.11. The Morgan fingerprint density at radius 1 is 1.00 bits per heavy atom. The highest BCUT2D eigenvalue weighted by Gasteiger charge is 2.36. The lowest BCUT2D eigenvalue weighted by molar-refractivity contribution is -0.137. The zero-order valence-corrected chi connectivity index (χ0v) is 20.7. The third-order valence-corrected chi connectivity index (χ3v) is 6.34. The number of carbonyl (C=O) groups excluding carboxylic acids is 3. The number of carbonyl (C=O) groups is 4. The fourth-order valence-electron chi connectivity index (χ4n) is 3.48. The normalized spacial score (nSPS) is 14.5. The molecule has 8 nitrogen and oxygen atoms in total. The summed E-state index contributed by atoms with van der Waals surface area (Å²) >= 11 is 0.642. The summed E-state index contributed by atoms with van der Waals surface area (Å²) in [6.45, 7) is -0.445. The molecule has 3 amide bonds. The number of carboxylic acids is 1. The summed E-state index contributed by atoms with van der Waals surface area (Å²) in [4.78, 5) is 49.1. The van der Waals surface area contributed by atoms with Gasteiger partial charge in [0.2, 0.25) is 5.91 Å². The number of halogens is 3. The maximum Gasteiger partial charge on any atom is 0.416 e. The molecule has 0 atom stereocenters. The molecular weight excluding hydrogens is 537 g/mol. The summed E-state index contributed by atoms with van der Waals surface area (Å²) in [5, 5.41) is 10.5. The number of nitrogens with one attached hydrogen (secondary N) is 1. The lowest BCUT2D eigenvalue weighted by Crippen LogP contribution is -2.36. The molecule has 0 unspecified atom stereocenters. The van der Waals surface area contributed by atoms with Crippen LogP contribution in [0.3, 0.4) is 0 Å². The van der Waals surface area contributed by atoms with Gasteiger partial charge in [0.05, 0.1) is 16.0 Å². The molecule has 0 bridgehead atoms. The summed E-state index contributed by atoms with van der Waals surface area (Å²) < 4.78 is 44.3. The van der Waals surface area contributed by atoms with Crippen LogP contribution in [0.2, 0.25) is 0 Å². The molecule has 1 aliphatic rings. The molecule has 4 rings (SSSR count). The number of aromatic carboxylic acids is 1. The average Bonchev–Trinajstić information content (AvgIpc) is 3.15. The van der Waals surface area contributed by atoms with Gasteiger partial charge in [-0.1, -0.05) is 30.3 Å². The first-order valence-electron chi connectivity index (χ1n) is 11.3. The minimum Gasteiger partial charge on any atom is -0.489 e. The fraction of sp³-hybridized carbons (Fsp3) is 0.111. The molecule has 1 fully saturated rings. The number of benzene rings is 3. The van der Waals surface area contributed by atoms with E-state index in [-0.39, 0.29) is 22.8 Å². The molecule has 2 N–H and O–H groups in total. The molecule has 0 saturated carbocycles. The van der Waals surface area contributed by atoms with Crippen LogP contribution < -0.4 is 10.1 Å². The van der Waals surface area contributed by atoms with E-state index >= 15 is 0 Å². The predicted octanol–water partition coefficient (Wildman–Crippen LogP) is 5.66. The third-order valence-electron chi connectivity index (χ3n) is 5.43. The highest BCUT2D eigenvalue weighted by molar-refractivity contribution is 8.18. The van der Waals surface area contributed by atoms with Crippen molar-refractivity contribution in [2.24, 2.45) is 0 Å². The van der Waals surface area contributed by atoms with E-state index in [1.807, 2.05) is 0 Å². The first-order valence-corrected chi connectivity index (χ1v) is 12.1. The summed E-state index contributed by atoms with van der Waals surface area (Å²) in [7, 11) is 0. The van der Waals surface area contributed by atoms with E-state index in [0.717, 1.165) is 23.8 Å². The second kappa shape index (κ2) is 11.4. The van der Waals surface area contributed by atoms with Gasteiger partial charge in [-0.15, -0.1) is 0 Å². The van der Waals surface area contributed by atoms with Gasteiger partial charge in [-0.2, -0.15) is 13.2 Å². The van der Waals surface area contributed by atoms with Gasteiger partial charge in [0.25, 0.3) is 11.1 Å². The monoisotopic (exact) mass is 556 g/mol. The molecule has 12 heteroatoms. The molecule has 1 aliphatic heterocycles. The van der Waals surface area contributed by atoms with E-state index in [2.05, 4.69) is 5.32 Å². The van der Waals surface area contributed by atoms with Crippen molar-refractivity contribution >= 4 is 46.5 Å². The van der Waals surface area contributed by atoms with Crippen molar-refractivity contribution in [3.8, 4) is 5.75 Å². The molecule has 0 aromatic heterocycles. The van der Waals surface area contributed by atoms with E-state index in [0.29, 0.717) is 28.0 Å². The van der Waals surface area contributed by atoms with Crippen molar-refractivity contribution in [2.45, 2.75) is 12.8 Å². The van der Waals surface area contributed by atoms with E-state index in [9.17, 15) is 32.3 Å². The van der Waals surface area contributed by atoms with Crippen LogP contribution in [0.25, 0.3) is 6.08 Å². The van der Waals surface area contributed by atoms with Crippen LogP contribution in [0.15, 0.2) is 77.7 Å². The van der Waals surface area contributed by atoms with Gasteiger partial charge in [0.1, 0.15) is 18.9 Å². The van der Waals surface area contributed by atoms with E-state index in [1.54, 1.807) is 36.4 Å². The molecule has 200 valence electrons. The molecule has 3 aromatic carbocycles. The first-order chi connectivity index (χ1) is 18.5. The standard InChI is InChI=1S/C27H19F3N2O6S/c28-27(29,30)19-2-1-3-20(13-19)31-23(33)14-32-24(34)22(39-26(32)37)12-16-6-10-21(11-7-16)38-15-17-4-8-18(9-5-17)25(35)36/h1-13H,14-15H2,(H,31,33)(H,35,36)/b22-12-. The largest absolute Gasteiger partial charge is 0.489 e. The zero-order valence-electron chi connectivity index (χ0n) is 19.9. The smallest absolute Gasteiger partial charge is 0.416 e. The minimum atomic E-state index is -4.59. The first kappa shape index (κ1) is 27.5. The number of alkyl halides is 3. The Hall–Kier alpha value is -4.58. The highest BCUT2D eigenvalue weighted by Crippen LogP contribution is 2.33. The summed E-state index contributed by atoms with van der Waals surface area (Å²) in [5.41, 5.74) is 0.475. The molecule has 39 heavy (non-hydrogen) atoms. The molecule has 0 spiro atoms. The summed E-state index contributed by atoms with van der Waals surface area (Å²) in [6, 6.07) is 16.9. The van der Waals surface area contributed by atoms with Crippen LogP contribution in [0.1, 0.15) is 27.0 Å². The van der Waals surface area contributed by atoms with Gasteiger partial charge in [-0.25, -0.2) is 4.79 Å². The van der Waals surface area contributed by atoms with Crippen molar-refractivity contribution in [1.82, 2.24) is 4.90 Å². The van der Waals surface area contributed by atoms with Crippen LogP contribution in [-0.4, -0.2) is 39.6 Å². The van der Waals surface area contributed by atoms with Gasteiger partial charge in [-0.05, 0) is 71.4 Å². The molecule has 0 radical (unpaired) electrons. The fourth-order valence-corrected chi connectivity index (χ4v) is 4.31. The number of nitrogens with zero attached hydrogens (tertiary/aromatic N) is 1. The van der Waals surface area contributed by atoms with Gasteiger partial charge in [-0.3, -0.25) is 19.3 Å². The van der Waals surface area contributed by atoms with E-state index in [1.165, 1.54) is 24.3 Å². The second-order valence-electron chi connectivity index (χ2n) is 8.25. The lowest BCUT2D eigenvalue weighted by Gasteiger charge is -2.13. The topological polar surface area (TPSA) is 113 Å². The number of hydrogen-bond donors (Lipinski definition) is 2. The molecule has 1 heterocycles. The third kappa shape index (κ3) is 7.05. The number of carboxylic acid groups (broad SMARTS) is 1. The van der Waals surface area contributed by atoms with Gasteiger partial charge in [0, 0.05) is 5.69 Å². The Labute approximate surface area is 224 Å². The van der Waals surface area contributed by atoms with Crippen LogP contribution in [-0.2, 0) is 22.4 Å². The van der Waals surface area contributed by atoms with Gasteiger partial charge >= 0.3 is 12.1 Å². The molecule has 3 aromatic rings. The van der Waals surface area contributed by atoms with Crippen molar-refractivity contribution in [1.29, 1.82) is 0 Å². The van der Waals surface area contributed by atoms with Crippen LogP contribution in [0.5, 0.6) is 5.75 Å². The van der Waals surface area contributed by atoms with Crippen LogP contribution in [0.4, 0.5) is 23.7 Å². The van der Waals surface area contributed by atoms with Crippen molar-refractivity contribution < 1.29 is 42.2 Å². The quantitative estimate of drug-likeness (QED) is 0.345. The zero-order chi connectivity index (χ0) is 28.2. The Morgan fingerprint density at radius 2 is 1.69 bits per heavy atom. The van der Waals surface area contributed by atoms with Crippen molar-refractivity contribution in [2.75, 3.05) is 11.9 Å². The minimum absolute atomic E-state index is 0.0825. The Kier molecular flexibility index (Phi) is 8.05. The number of imide groups is 1. The van der Waals surface area contributed by atoms with Crippen molar-refractivity contribution in [3.63, 3.8) is 0 Å². The Morgan fingerprint density at radius 3 is 2.33 bits per heavy atom. The molecule has 1 saturated heterocycles. The van der Waals surface area contributed by atoms with E-state index < -0.39 is 41.3 Å². The molecule has 0 aliphatic carbocycles. The van der Waals surface area contributed by atoms with Crippen molar-refractivity contribution in [3.05, 3.63) is 100.0 Å². The van der Waals surface area contributed by atoms with E-state index in [4.69, 9.17) is 9.84 Å². The number of anilines is 1. The number of hydrogen-bond acceptors (Lipinski definition) is 6.